The van der Waals surface area contributed by atoms with E-state index in [9.17, 15) is 4.79 Å². The van der Waals surface area contributed by atoms with Gasteiger partial charge in [0.15, 0.2) is 0 Å². The van der Waals surface area contributed by atoms with Crippen molar-refractivity contribution < 1.29 is 4.79 Å². The molecule has 4 nitrogen and oxygen atoms in total. The Morgan fingerprint density at radius 2 is 2.17 bits per heavy atom. The molecule has 1 aliphatic rings. The van der Waals surface area contributed by atoms with E-state index in [0.717, 1.165) is 18.8 Å². The molecule has 0 spiro atoms. The predicted octanol–water partition coefficient (Wildman–Crippen LogP) is 2.52. The molecule has 1 fully saturated rings. The van der Waals surface area contributed by atoms with Crippen LogP contribution in [0.3, 0.4) is 0 Å². The number of nitrogens with zero attached hydrogens (tertiary/aromatic N) is 2. The second-order valence-electron chi connectivity index (χ2n) is 5.20. The monoisotopic (exact) mass is 249 g/mol. The largest absolute Gasteiger partial charge is 0.350 e. The molecule has 1 N–H and O–H groups in total. The zero-order valence-electron chi connectivity index (χ0n) is 11.4. The van der Waals surface area contributed by atoms with Crippen molar-refractivity contribution in [3.8, 4) is 0 Å². The van der Waals surface area contributed by atoms with E-state index in [1.807, 2.05) is 19.9 Å². The SMILES string of the molecule is CCn1nc(C)cc1C(=O)NCC1CCCCC1. The number of aromatic nitrogens is 2. The maximum absolute atomic E-state index is 12.1. The van der Waals surface area contributed by atoms with Gasteiger partial charge in [0.1, 0.15) is 5.69 Å². The highest BCUT2D eigenvalue weighted by Gasteiger charge is 2.17. The molecule has 1 amide bonds. The lowest BCUT2D eigenvalue weighted by Crippen LogP contribution is -2.31. The van der Waals surface area contributed by atoms with Gasteiger partial charge in [-0.15, -0.1) is 0 Å². The molecule has 1 aromatic rings. The van der Waals surface area contributed by atoms with Crippen LogP contribution < -0.4 is 5.32 Å². The number of carbonyl (C=O) groups excluding carboxylic acids is 1. The van der Waals surface area contributed by atoms with Crippen LogP contribution in [0, 0.1) is 12.8 Å². The Labute approximate surface area is 109 Å². The maximum Gasteiger partial charge on any atom is 0.269 e. The van der Waals surface area contributed by atoms with Crippen molar-refractivity contribution in [3.05, 3.63) is 17.5 Å². The summed E-state index contributed by atoms with van der Waals surface area (Å²) in [5.74, 6) is 0.685. The predicted molar refractivity (Wildman–Crippen MR) is 71.5 cm³/mol. The Kier molecular flexibility index (Phi) is 4.39. The number of carbonyl (C=O) groups is 1. The van der Waals surface area contributed by atoms with Crippen LogP contribution in [-0.2, 0) is 6.54 Å². The molecule has 100 valence electrons. The van der Waals surface area contributed by atoms with Gasteiger partial charge in [0.2, 0.25) is 0 Å². The number of hydrogen-bond donors (Lipinski definition) is 1. The Bertz CT molecular complexity index is 405. The van der Waals surface area contributed by atoms with Gasteiger partial charge < -0.3 is 5.32 Å². The first kappa shape index (κ1) is 13.1. The van der Waals surface area contributed by atoms with E-state index in [0.29, 0.717) is 11.6 Å². The van der Waals surface area contributed by atoms with Gasteiger partial charge in [-0.2, -0.15) is 5.10 Å². The van der Waals surface area contributed by atoms with Gasteiger partial charge in [-0.3, -0.25) is 9.48 Å². The first-order valence-corrected chi connectivity index (χ1v) is 7.03. The summed E-state index contributed by atoms with van der Waals surface area (Å²) < 4.78 is 1.77. The average Bonchev–Trinajstić information content (AvgIpc) is 2.78. The average molecular weight is 249 g/mol. The van der Waals surface area contributed by atoms with Crippen molar-refractivity contribution in [2.45, 2.75) is 52.5 Å². The van der Waals surface area contributed by atoms with Crippen LogP contribution in [0.1, 0.15) is 55.2 Å². The van der Waals surface area contributed by atoms with Crippen molar-refractivity contribution >= 4 is 5.91 Å². The standard InChI is InChI=1S/C14H23N3O/c1-3-17-13(9-11(2)16-17)14(18)15-10-12-7-5-4-6-8-12/h9,12H,3-8,10H2,1-2H3,(H,15,18). The molecule has 0 unspecified atom stereocenters. The normalized spacial score (nSPS) is 16.8. The minimum absolute atomic E-state index is 0.0167. The summed E-state index contributed by atoms with van der Waals surface area (Å²) in [6.45, 7) is 5.47. The summed E-state index contributed by atoms with van der Waals surface area (Å²) in [6.07, 6.45) is 6.49. The van der Waals surface area contributed by atoms with Crippen molar-refractivity contribution in [2.75, 3.05) is 6.54 Å². The van der Waals surface area contributed by atoms with Crippen molar-refractivity contribution in [1.29, 1.82) is 0 Å². The van der Waals surface area contributed by atoms with Gasteiger partial charge >= 0.3 is 0 Å². The van der Waals surface area contributed by atoms with Gasteiger partial charge in [0.25, 0.3) is 5.91 Å². The third-order valence-electron chi connectivity index (χ3n) is 3.71. The quantitative estimate of drug-likeness (QED) is 0.891. The molecule has 0 bridgehead atoms. The van der Waals surface area contributed by atoms with Gasteiger partial charge in [0.05, 0.1) is 5.69 Å². The van der Waals surface area contributed by atoms with E-state index in [1.54, 1.807) is 4.68 Å². The topological polar surface area (TPSA) is 46.9 Å². The lowest BCUT2D eigenvalue weighted by Gasteiger charge is -2.21. The lowest BCUT2D eigenvalue weighted by molar-refractivity contribution is 0.0933. The number of amides is 1. The fourth-order valence-electron chi connectivity index (χ4n) is 2.69. The molecular formula is C14H23N3O. The Hall–Kier alpha value is -1.32. The van der Waals surface area contributed by atoms with Crippen LogP contribution in [0.2, 0.25) is 0 Å². The Morgan fingerprint density at radius 1 is 1.44 bits per heavy atom. The van der Waals surface area contributed by atoms with E-state index in [2.05, 4.69) is 10.4 Å². The zero-order valence-corrected chi connectivity index (χ0v) is 11.4. The molecule has 4 heteroatoms. The highest BCUT2D eigenvalue weighted by atomic mass is 16.2. The van der Waals surface area contributed by atoms with Gasteiger partial charge in [-0.05, 0) is 38.7 Å². The summed E-state index contributed by atoms with van der Waals surface area (Å²) >= 11 is 0. The van der Waals surface area contributed by atoms with Gasteiger partial charge in [-0.1, -0.05) is 19.3 Å². The smallest absolute Gasteiger partial charge is 0.269 e. The number of nitrogens with one attached hydrogen (secondary N) is 1. The van der Waals surface area contributed by atoms with E-state index in [-0.39, 0.29) is 5.91 Å². The molecule has 0 radical (unpaired) electrons. The molecule has 1 aliphatic carbocycles. The molecule has 0 aromatic carbocycles. The van der Waals surface area contributed by atoms with E-state index in [1.165, 1.54) is 32.1 Å². The van der Waals surface area contributed by atoms with E-state index in [4.69, 9.17) is 0 Å². The molecule has 1 aromatic heterocycles. The van der Waals surface area contributed by atoms with Gasteiger partial charge in [0, 0.05) is 13.1 Å². The summed E-state index contributed by atoms with van der Waals surface area (Å²) in [7, 11) is 0. The first-order chi connectivity index (χ1) is 8.70. The fraction of sp³-hybridized carbons (Fsp3) is 0.714. The summed E-state index contributed by atoms with van der Waals surface area (Å²) in [5, 5.41) is 7.36. The van der Waals surface area contributed by atoms with E-state index >= 15 is 0 Å². The molecule has 0 atom stereocenters. The van der Waals surface area contributed by atoms with Crippen molar-refractivity contribution in [1.82, 2.24) is 15.1 Å². The van der Waals surface area contributed by atoms with Crippen LogP contribution >= 0.6 is 0 Å². The Morgan fingerprint density at radius 3 is 2.83 bits per heavy atom. The van der Waals surface area contributed by atoms with Crippen LogP contribution in [0.15, 0.2) is 6.07 Å². The number of rotatable bonds is 4. The first-order valence-electron chi connectivity index (χ1n) is 7.03. The van der Waals surface area contributed by atoms with Crippen LogP contribution in [0.5, 0.6) is 0 Å². The second kappa shape index (κ2) is 6.03. The minimum Gasteiger partial charge on any atom is -0.350 e. The molecule has 1 heterocycles. The maximum atomic E-state index is 12.1. The zero-order chi connectivity index (χ0) is 13.0. The highest BCUT2D eigenvalue weighted by Crippen LogP contribution is 2.22. The van der Waals surface area contributed by atoms with Crippen molar-refractivity contribution in [3.63, 3.8) is 0 Å². The minimum atomic E-state index is 0.0167. The van der Waals surface area contributed by atoms with Gasteiger partial charge in [-0.25, -0.2) is 0 Å². The summed E-state index contributed by atoms with van der Waals surface area (Å²) in [6, 6.07) is 1.86. The third kappa shape index (κ3) is 3.12. The third-order valence-corrected chi connectivity index (χ3v) is 3.71. The van der Waals surface area contributed by atoms with Crippen LogP contribution in [0.25, 0.3) is 0 Å². The molecule has 1 saturated carbocycles. The van der Waals surface area contributed by atoms with Crippen molar-refractivity contribution in [2.24, 2.45) is 5.92 Å². The molecular weight excluding hydrogens is 226 g/mol. The lowest BCUT2D eigenvalue weighted by atomic mass is 9.89. The second-order valence-corrected chi connectivity index (χ2v) is 5.20. The summed E-state index contributed by atoms with van der Waals surface area (Å²) in [4.78, 5) is 12.1. The highest BCUT2D eigenvalue weighted by molar-refractivity contribution is 5.92. The van der Waals surface area contributed by atoms with Crippen LogP contribution in [-0.4, -0.2) is 22.2 Å². The number of hydrogen-bond acceptors (Lipinski definition) is 2. The molecule has 18 heavy (non-hydrogen) atoms. The molecule has 0 saturated heterocycles. The summed E-state index contributed by atoms with van der Waals surface area (Å²) in [5.41, 5.74) is 1.59. The Balaban J connectivity index is 1.90. The molecule has 0 aliphatic heterocycles. The molecule has 2 rings (SSSR count). The van der Waals surface area contributed by atoms with Crippen LogP contribution in [0.4, 0.5) is 0 Å². The number of aryl methyl sites for hydroxylation is 2. The van der Waals surface area contributed by atoms with E-state index < -0.39 is 0 Å². The fourth-order valence-corrected chi connectivity index (χ4v) is 2.69.